The number of nitrogen functional groups attached to an aromatic ring is 1. The normalized spacial score (nSPS) is 16.8. The summed E-state index contributed by atoms with van der Waals surface area (Å²) in [6.07, 6.45) is 6.03. The highest BCUT2D eigenvalue weighted by atomic mass is 32.2. The van der Waals surface area contributed by atoms with Crippen molar-refractivity contribution in [2.75, 3.05) is 32.7 Å². The fraction of sp³-hybridized carbons (Fsp3) is 0.467. The van der Waals surface area contributed by atoms with Gasteiger partial charge in [0.2, 0.25) is 21.8 Å². The number of hydrogen-bond acceptors (Lipinski definition) is 6. The highest BCUT2D eigenvalue weighted by molar-refractivity contribution is 7.89. The lowest BCUT2D eigenvalue weighted by Crippen LogP contribution is -2.56. The van der Waals surface area contributed by atoms with Gasteiger partial charge >= 0.3 is 0 Å². The van der Waals surface area contributed by atoms with Crippen LogP contribution in [0.5, 0.6) is 0 Å². The van der Waals surface area contributed by atoms with Crippen LogP contribution in [-0.2, 0) is 26.0 Å². The molecule has 2 fully saturated rings. The summed E-state index contributed by atoms with van der Waals surface area (Å²) in [7, 11) is -4.04. The summed E-state index contributed by atoms with van der Waals surface area (Å²) in [6.45, 7) is 1.33. The molecule has 1 aliphatic carbocycles. The van der Waals surface area contributed by atoms with Gasteiger partial charge in [0.05, 0.1) is 11.4 Å². The summed E-state index contributed by atoms with van der Waals surface area (Å²) < 4.78 is 29.8. The first-order valence-corrected chi connectivity index (χ1v) is 16.2. The third kappa shape index (κ3) is 8.77. The van der Waals surface area contributed by atoms with E-state index in [-0.39, 0.29) is 61.0 Å². The Morgan fingerprint density at radius 2 is 1.60 bits per heavy atom. The number of nitrogens with one attached hydrogen (secondary N) is 2. The van der Waals surface area contributed by atoms with Gasteiger partial charge in [-0.3, -0.25) is 20.0 Å². The predicted molar refractivity (Wildman–Crippen MR) is 166 cm³/mol. The zero-order chi connectivity index (χ0) is 31.0. The average molecular weight is 611 g/mol. The number of amides is 2. The molecule has 1 saturated heterocycles. The first kappa shape index (κ1) is 32.0. The fourth-order valence-corrected chi connectivity index (χ4v) is 6.92. The lowest BCUT2D eigenvalue weighted by molar-refractivity contribution is -0.140. The molecule has 1 saturated carbocycles. The van der Waals surface area contributed by atoms with Gasteiger partial charge in [-0.2, -0.15) is 4.72 Å². The van der Waals surface area contributed by atoms with E-state index in [0.29, 0.717) is 30.1 Å². The van der Waals surface area contributed by atoms with Crippen LogP contribution in [0.4, 0.5) is 0 Å². The molecule has 4 rings (SSSR count). The molecule has 0 bridgehead atoms. The van der Waals surface area contributed by atoms with Crippen molar-refractivity contribution in [1.29, 1.82) is 5.41 Å². The Bertz CT molecular complexity index is 1430. The number of carbonyl (C=O) groups excluding carboxylic acids is 2. The third-order valence-corrected chi connectivity index (χ3v) is 9.59. The standard InChI is InChI=1S/C30H42N8O4S/c31-28(32)24-8-4-5-21(19-24)20-26(29(40)38-17-15-37(16-18-38)27(39)13-14-35-30(33)34)36-43(41,42)25-11-9-23(10-12-25)22-6-2-1-3-7-22/h4-5,8-12,19,22,26,36H,1-3,6-7,13-18,20H2,(H3,31,32)(H4,33,34,35)/t26-/m0/s1. The van der Waals surface area contributed by atoms with E-state index in [1.54, 1.807) is 46.2 Å². The molecule has 1 atom stereocenters. The molecule has 2 aromatic rings. The SMILES string of the molecule is N=C(N)c1cccc(C[C@H](NS(=O)(=O)c2ccc(C3CCCCC3)cc2)C(=O)N2CCN(C(=O)CCN=C(N)N)CC2)c1. The zero-order valence-electron chi connectivity index (χ0n) is 24.4. The number of nitrogens with two attached hydrogens (primary N) is 3. The molecule has 2 aromatic carbocycles. The number of rotatable bonds is 11. The maximum absolute atomic E-state index is 13.8. The van der Waals surface area contributed by atoms with Crippen LogP contribution in [0.1, 0.15) is 61.1 Å². The van der Waals surface area contributed by atoms with E-state index in [2.05, 4.69) is 9.71 Å². The lowest BCUT2D eigenvalue weighted by Gasteiger charge is -2.36. The molecule has 1 heterocycles. The molecule has 0 spiro atoms. The van der Waals surface area contributed by atoms with Gasteiger partial charge in [0.1, 0.15) is 11.9 Å². The van der Waals surface area contributed by atoms with Crippen LogP contribution in [0.3, 0.4) is 0 Å². The zero-order valence-corrected chi connectivity index (χ0v) is 25.2. The minimum Gasteiger partial charge on any atom is -0.384 e. The number of aliphatic imine (C=N–C) groups is 1. The molecule has 43 heavy (non-hydrogen) atoms. The molecule has 0 unspecified atom stereocenters. The van der Waals surface area contributed by atoms with E-state index in [1.165, 1.54) is 19.3 Å². The van der Waals surface area contributed by atoms with Crippen molar-refractivity contribution < 1.29 is 18.0 Å². The highest BCUT2D eigenvalue weighted by Crippen LogP contribution is 2.33. The smallest absolute Gasteiger partial charge is 0.241 e. The van der Waals surface area contributed by atoms with Crippen LogP contribution in [0, 0.1) is 5.41 Å². The van der Waals surface area contributed by atoms with Gasteiger partial charge in [-0.1, -0.05) is 49.6 Å². The second kappa shape index (κ2) is 14.5. The molecule has 8 N–H and O–H groups in total. The van der Waals surface area contributed by atoms with Crippen molar-refractivity contribution in [3.63, 3.8) is 0 Å². The summed E-state index contributed by atoms with van der Waals surface area (Å²) in [5.41, 5.74) is 18.6. The molecule has 12 nitrogen and oxygen atoms in total. The van der Waals surface area contributed by atoms with E-state index in [0.717, 1.165) is 18.4 Å². The minimum atomic E-state index is -4.04. The predicted octanol–water partition coefficient (Wildman–Crippen LogP) is 1.24. The Morgan fingerprint density at radius 3 is 2.23 bits per heavy atom. The molecule has 2 aliphatic rings. The Balaban J connectivity index is 1.49. The van der Waals surface area contributed by atoms with Gasteiger partial charge < -0.3 is 27.0 Å². The van der Waals surface area contributed by atoms with Crippen LogP contribution in [0.2, 0.25) is 0 Å². The van der Waals surface area contributed by atoms with Gasteiger partial charge in [-0.05, 0) is 54.5 Å². The Morgan fingerprint density at radius 1 is 0.953 bits per heavy atom. The molecule has 1 aliphatic heterocycles. The molecule has 0 radical (unpaired) electrons. The highest BCUT2D eigenvalue weighted by Gasteiger charge is 2.32. The van der Waals surface area contributed by atoms with Crippen LogP contribution in [0.15, 0.2) is 58.4 Å². The Hall–Kier alpha value is -3.97. The largest absolute Gasteiger partial charge is 0.384 e. The van der Waals surface area contributed by atoms with E-state index < -0.39 is 16.1 Å². The second-order valence-corrected chi connectivity index (χ2v) is 12.9. The number of amidine groups is 1. The first-order chi connectivity index (χ1) is 20.5. The summed E-state index contributed by atoms with van der Waals surface area (Å²) >= 11 is 0. The molecule has 13 heteroatoms. The summed E-state index contributed by atoms with van der Waals surface area (Å²) in [5.74, 6) is -0.261. The number of guanidine groups is 1. The van der Waals surface area contributed by atoms with Crippen molar-refractivity contribution in [2.45, 2.75) is 61.8 Å². The lowest BCUT2D eigenvalue weighted by atomic mass is 9.84. The van der Waals surface area contributed by atoms with E-state index in [1.807, 2.05) is 12.1 Å². The van der Waals surface area contributed by atoms with Gasteiger partial charge in [0, 0.05) is 38.2 Å². The van der Waals surface area contributed by atoms with Gasteiger partial charge in [-0.15, -0.1) is 0 Å². The van der Waals surface area contributed by atoms with Crippen molar-refractivity contribution in [3.8, 4) is 0 Å². The monoisotopic (exact) mass is 610 g/mol. The maximum atomic E-state index is 13.8. The fourth-order valence-electron chi connectivity index (χ4n) is 5.73. The maximum Gasteiger partial charge on any atom is 0.241 e. The third-order valence-electron chi connectivity index (χ3n) is 8.10. The minimum absolute atomic E-state index is 0.0665. The summed E-state index contributed by atoms with van der Waals surface area (Å²) in [5, 5.41) is 7.76. The van der Waals surface area contributed by atoms with Crippen molar-refractivity contribution in [2.24, 2.45) is 22.2 Å². The van der Waals surface area contributed by atoms with Gasteiger partial charge in [-0.25, -0.2) is 8.42 Å². The van der Waals surface area contributed by atoms with Gasteiger partial charge in [0.15, 0.2) is 5.96 Å². The average Bonchev–Trinajstić information content (AvgIpc) is 3.01. The summed E-state index contributed by atoms with van der Waals surface area (Å²) in [6, 6.07) is 12.7. The topological polar surface area (TPSA) is 201 Å². The number of piperazine rings is 1. The van der Waals surface area contributed by atoms with Crippen molar-refractivity contribution in [1.82, 2.24) is 14.5 Å². The van der Waals surface area contributed by atoms with E-state index >= 15 is 0 Å². The Labute approximate surface area is 253 Å². The Kier molecular flexibility index (Phi) is 10.8. The first-order valence-electron chi connectivity index (χ1n) is 14.7. The molecule has 232 valence electrons. The van der Waals surface area contributed by atoms with Crippen LogP contribution >= 0.6 is 0 Å². The molecular weight excluding hydrogens is 568 g/mol. The second-order valence-electron chi connectivity index (χ2n) is 11.2. The quantitative estimate of drug-likeness (QED) is 0.186. The number of sulfonamides is 1. The number of benzene rings is 2. The van der Waals surface area contributed by atoms with Crippen LogP contribution in [-0.4, -0.2) is 80.6 Å². The van der Waals surface area contributed by atoms with E-state index in [4.69, 9.17) is 22.6 Å². The number of carbonyl (C=O) groups is 2. The number of hydrogen-bond donors (Lipinski definition) is 5. The van der Waals surface area contributed by atoms with Crippen molar-refractivity contribution in [3.05, 3.63) is 65.2 Å². The van der Waals surface area contributed by atoms with Gasteiger partial charge in [0.25, 0.3) is 0 Å². The van der Waals surface area contributed by atoms with E-state index in [9.17, 15) is 18.0 Å². The molecule has 2 amide bonds. The van der Waals surface area contributed by atoms with Crippen LogP contribution in [0.25, 0.3) is 0 Å². The summed E-state index contributed by atoms with van der Waals surface area (Å²) in [4.78, 5) is 33.5. The molecular formula is C30H42N8O4S. The van der Waals surface area contributed by atoms with Crippen molar-refractivity contribution >= 4 is 33.6 Å². The molecule has 0 aromatic heterocycles. The number of nitrogens with zero attached hydrogens (tertiary/aromatic N) is 3. The van der Waals surface area contributed by atoms with Crippen LogP contribution < -0.4 is 21.9 Å².